The molecule has 4 nitrogen and oxygen atoms in total. The molecule has 1 N–H and O–H groups in total. The number of rotatable bonds is 8. The molecule has 116 valence electrons. The zero-order valence-corrected chi connectivity index (χ0v) is 13.1. The van der Waals surface area contributed by atoms with E-state index in [2.05, 4.69) is 17.4 Å². The Morgan fingerprint density at radius 1 is 1.33 bits per heavy atom. The van der Waals surface area contributed by atoms with Crippen LogP contribution in [0.4, 0.5) is 0 Å². The molecule has 0 saturated heterocycles. The van der Waals surface area contributed by atoms with Gasteiger partial charge in [0.1, 0.15) is 0 Å². The normalized spacial score (nSPS) is 16.5. The van der Waals surface area contributed by atoms with E-state index in [-0.39, 0.29) is 11.3 Å². The van der Waals surface area contributed by atoms with E-state index in [9.17, 15) is 4.79 Å². The topological polar surface area (TPSA) is 41.6 Å². The molecule has 2 rings (SSSR count). The van der Waals surface area contributed by atoms with Gasteiger partial charge in [-0.2, -0.15) is 0 Å². The zero-order chi connectivity index (χ0) is 15.1. The second kappa shape index (κ2) is 7.57. The number of amides is 1. The Balaban J connectivity index is 1.71. The zero-order valence-electron chi connectivity index (χ0n) is 13.1. The summed E-state index contributed by atoms with van der Waals surface area (Å²) >= 11 is 0. The van der Waals surface area contributed by atoms with Crippen molar-refractivity contribution in [3.63, 3.8) is 0 Å². The fraction of sp³-hybridized carbons (Fsp3) is 0.588. The molecule has 1 aromatic rings. The molecule has 0 bridgehead atoms. The summed E-state index contributed by atoms with van der Waals surface area (Å²) in [5.41, 5.74) is 1.41. The monoisotopic (exact) mass is 290 g/mol. The van der Waals surface area contributed by atoms with Crippen molar-refractivity contribution in [1.29, 1.82) is 0 Å². The predicted octanol–water partition coefficient (Wildman–Crippen LogP) is 2.05. The quantitative estimate of drug-likeness (QED) is 0.797. The van der Waals surface area contributed by atoms with Gasteiger partial charge in [0, 0.05) is 25.6 Å². The first-order valence-electron chi connectivity index (χ1n) is 7.62. The fourth-order valence-electron chi connectivity index (χ4n) is 2.89. The van der Waals surface area contributed by atoms with E-state index in [0.717, 1.165) is 32.5 Å². The van der Waals surface area contributed by atoms with E-state index in [1.807, 2.05) is 30.1 Å². The van der Waals surface area contributed by atoms with Crippen LogP contribution in [0.5, 0.6) is 0 Å². The van der Waals surface area contributed by atoms with E-state index in [1.165, 1.54) is 12.0 Å². The van der Waals surface area contributed by atoms with Crippen molar-refractivity contribution in [3.05, 3.63) is 35.9 Å². The van der Waals surface area contributed by atoms with Crippen LogP contribution >= 0.6 is 0 Å². The molecule has 1 saturated carbocycles. The van der Waals surface area contributed by atoms with Crippen molar-refractivity contribution in [2.45, 2.75) is 25.8 Å². The molecule has 1 aromatic carbocycles. The van der Waals surface area contributed by atoms with E-state index < -0.39 is 0 Å². The lowest BCUT2D eigenvalue weighted by Gasteiger charge is -2.41. The molecule has 0 atom stereocenters. The van der Waals surface area contributed by atoms with Crippen LogP contribution in [0.1, 0.15) is 24.8 Å². The van der Waals surface area contributed by atoms with Gasteiger partial charge in [0.2, 0.25) is 5.91 Å². The van der Waals surface area contributed by atoms with Gasteiger partial charge in [-0.3, -0.25) is 9.69 Å². The van der Waals surface area contributed by atoms with Crippen LogP contribution in [0.2, 0.25) is 0 Å². The third kappa shape index (κ3) is 4.83. The lowest BCUT2D eigenvalue weighted by Crippen LogP contribution is -2.47. The van der Waals surface area contributed by atoms with Gasteiger partial charge in [0.05, 0.1) is 13.2 Å². The lowest BCUT2D eigenvalue weighted by molar-refractivity contribution is -0.123. The predicted molar refractivity (Wildman–Crippen MR) is 83.9 cm³/mol. The van der Waals surface area contributed by atoms with Crippen LogP contribution in [0, 0.1) is 5.41 Å². The largest absolute Gasteiger partial charge is 0.384 e. The van der Waals surface area contributed by atoms with E-state index in [4.69, 9.17) is 4.74 Å². The molecular formula is C17H26N2O2. The van der Waals surface area contributed by atoms with E-state index in [0.29, 0.717) is 6.54 Å². The van der Waals surface area contributed by atoms with Gasteiger partial charge in [-0.15, -0.1) is 0 Å². The summed E-state index contributed by atoms with van der Waals surface area (Å²) in [5, 5.41) is 3.07. The third-order valence-electron chi connectivity index (χ3n) is 4.23. The van der Waals surface area contributed by atoms with Gasteiger partial charge in [0.25, 0.3) is 0 Å². The smallest absolute Gasteiger partial charge is 0.234 e. The molecule has 4 heteroatoms. The number of nitrogens with one attached hydrogen (secondary N) is 1. The van der Waals surface area contributed by atoms with E-state index >= 15 is 0 Å². The number of methoxy groups -OCH3 is 1. The van der Waals surface area contributed by atoms with Gasteiger partial charge >= 0.3 is 0 Å². The number of benzene rings is 1. The van der Waals surface area contributed by atoms with Crippen molar-refractivity contribution in [2.24, 2.45) is 5.41 Å². The van der Waals surface area contributed by atoms with Crippen LogP contribution in [0.25, 0.3) is 0 Å². The SMILES string of the molecule is COCC1(CNC(=O)CN(C)Cc2ccccc2)CCC1. The minimum atomic E-state index is 0.0933. The summed E-state index contributed by atoms with van der Waals surface area (Å²) in [6.07, 6.45) is 3.55. The number of ether oxygens (including phenoxy) is 1. The van der Waals surface area contributed by atoms with Crippen molar-refractivity contribution in [3.8, 4) is 0 Å². The summed E-state index contributed by atoms with van der Waals surface area (Å²) in [4.78, 5) is 14.1. The molecule has 0 heterocycles. The third-order valence-corrected chi connectivity index (χ3v) is 4.23. The first-order valence-corrected chi connectivity index (χ1v) is 7.62. The Labute approximate surface area is 127 Å². The molecule has 1 fully saturated rings. The maximum Gasteiger partial charge on any atom is 0.234 e. The molecule has 0 radical (unpaired) electrons. The maximum absolute atomic E-state index is 12.0. The second-order valence-electron chi connectivity index (χ2n) is 6.22. The van der Waals surface area contributed by atoms with Crippen LogP contribution in [0.3, 0.4) is 0 Å². The minimum absolute atomic E-state index is 0.0933. The van der Waals surface area contributed by atoms with Crippen LogP contribution in [0.15, 0.2) is 30.3 Å². The molecule has 0 spiro atoms. The number of likely N-dealkylation sites (N-methyl/N-ethyl adjacent to an activating group) is 1. The molecule has 1 aliphatic rings. The fourth-order valence-corrected chi connectivity index (χ4v) is 2.89. The van der Waals surface area contributed by atoms with Crippen LogP contribution < -0.4 is 5.32 Å². The Bertz CT molecular complexity index is 443. The Morgan fingerprint density at radius 2 is 2.05 bits per heavy atom. The van der Waals surface area contributed by atoms with Crippen molar-refractivity contribution >= 4 is 5.91 Å². The molecule has 1 aliphatic carbocycles. The van der Waals surface area contributed by atoms with Gasteiger partial charge in [-0.1, -0.05) is 36.8 Å². The number of nitrogens with zero attached hydrogens (tertiary/aromatic N) is 1. The molecule has 1 amide bonds. The highest BCUT2D eigenvalue weighted by Gasteiger charge is 2.37. The van der Waals surface area contributed by atoms with Crippen molar-refractivity contribution < 1.29 is 9.53 Å². The maximum atomic E-state index is 12.0. The second-order valence-corrected chi connectivity index (χ2v) is 6.22. The lowest BCUT2D eigenvalue weighted by atomic mass is 9.69. The van der Waals surface area contributed by atoms with Gasteiger partial charge in [0.15, 0.2) is 0 Å². The van der Waals surface area contributed by atoms with Gasteiger partial charge in [-0.05, 0) is 25.5 Å². The summed E-state index contributed by atoms with van der Waals surface area (Å²) in [5.74, 6) is 0.0933. The van der Waals surface area contributed by atoms with Crippen molar-refractivity contribution in [2.75, 3.05) is 33.9 Å². The van der Waals surface area contributed by atoms with Gasteiger partial charge < -0.3 is 10.1 Å². The number of carbonyl (C=O) groups excluding carboxylic acids is 1. The van der Waals surface area contributed by atoms with Crippen LogP contribution in [-0.4, -0.2) is 44.7 Å². The summed E-state index contributed by atoms with van der Waals surface area (Å²) in [6, 6.07) is 10.2. The number of hydrogen-bond donors (Lipinski definition) is 1. The molecule has 0 unspecified atom stereocenters. The highest BCUT2D eigenvalue weighted by Crippen LogP contribution is 2.40. The molecular weight excluding hydrogens is 264 g/mol. The number of carbonyl (C=O) groups is 1. The highest BCUT2D eigenvalue weighted by molar-refractivity contribution is 5.78. The number of hydrogen-bond acceptors (Lipinski definition) is 3. The molecule has 0 aliphatic heterocycles. The standard InChI is InChI=1S/C17H26N2O2/c1-19(11-15-7-4-3-5-8-15)12-16(20)18-13-17(14-21-2)9-6-10-17/h3-5,7-8H,6,9-14H2,1-2H3,(H,18,20). The Kier molecular flexibility index (Phi) is 5.76. The van der Waals surface area contributed by atoms with Crippen LogP contribution in [-0.2, 0) is 16.1 Å². The Morgan fingerprint density at radius 3 is 2.62 bits per heavy atom. The summed E-state index contributed by atoms with van der Waals surface area (Å²) in [7, 11) is 3.70. The molecule has 0 aromatic heterocycles. The minimum Gasteiger partial charge on any atom is -0.384 e. The average Bonchev–Trinajstić information content (AvgIpc) is 2.42. The Hall–Kier alpha value is -1.39. The average molecular weight is 290 g/mol. The summed E-state index contributed by atoms with van der Waals surface area (Å²) < 4.78 is 5.28. The first kappa shape index (κ1) is 16.0. The summed E-state index contributed by atoms with van der Waals surface area (Å²) in [6.45, 7) is 2.70. The first-order chi connectivity index (χ1) is 10.1. The van der Waals surface area contributed by atoms with E-state index in [1.54, 1.807) is 7.11 Å². The van der Waals surface area contributed by atoms with Crippen molar-refractivity contribution in [1.82, 2.24) is 10.2 Å². The van der Waals surface area contributed by atoms with Gasteiger partial charge in [-0.25, -0.2) is 0 Å². The highest BCUT2D eigenvalue weighted by atomic mass is 16.5. The molecule has 21 heavy (non-hydrogen) atoms.